The first kappa shape index (κ1) is 8.28. The van der Waals surface area contributed by atoms with Crippen LogP contribution in [0.5, 0.6) is 0 Å². The zero-order chi connectivity index (χ0) is 8.39. The maximum absolute atomic E-state index is 10.5. The monoisotopic (exact) mass is 166 g/mol. The summed E-state index contributed by atoms with van der Waals surface area (Å²) in [7, 11) is 0. The topological polar surface area (TPSA) is 17.1 Å². The van der Waals surface area contributed by atoms with Gasteiger partial charge in [-0.2, -0.15) is 0 Å². The van der Waals surface area contributed by atoms with Gasteiger partial charge in [-0.3, -0.25) is 0 Å². The highest BCUT2D eigenvalue weighted by Gasteiger charge is 2.42. The Balaban J connectivity index is 1.82. The summed E-state index contributed by atoms with van der Waals surface area (Å²) in [6.45, 7) is 0. The molecule has 0 aromatic rings. The zero-order valence-electron chi connectivity index (χ0n) is 7.67. The van der Waals surface area contributed by atoms with E-state index in [9.17, 15) is 4.79 Å². The van der Waals surface area contributed by atoms with Crippen LogP contribution in [-0.2, 0) is 4.79 Å². The summed E-state index contributed by atoms with van der Waals surface area (Å²) in [6.07, 6.45) is 10.8. The van der Waals surface area contributed by atoms with Crippen molar-refractivity contribution in [2.45, 2.75) is 44.9 Å². The Labute approximate surface area is 74.5 Å². The molecule has 0 spiro atoms. The van der Waals surface area contributed by atoms with Crippen LogP contribution in [0.4, 0.5) is 0 Å². The minimum Gasteiger partial charge on any atom is -0.303 e. The van der Waals surface area contributed by atoms with Crippen LogP contribution in [0.3, 0.4) is 0 Å². The Kier molecular flexibility index (Phi) is 2.48. The molecule has 1 heteroatoms. The largest absolute Gasteiger partial charge is 0.303 e. The Hall–Kier alpha value is -0.330. The molecule has 0 N–H and O–H groups in total. The van der Waals surface area contributed by atoms with E-state index in [1.54, 1.807) is 0 Å². The molecule has 2 rings (SSSR count). The molecule has 2 aliphatic rings. The highest BCUT2D eigenvalue weighted by atomic mass is 16.1. The molecule has 0 radical (unpaired) electrons. The molecule has 2 aliphatic carbocycles. The summed E-state index contributed by atoms with van der Waals surface area (Å²) in [5.41, 5.74) is 0. The predicted octanol–water partition coefficient (Wildman–Crippen LogP) is 2.79. The van der Waals surface area contributed by atoms with Crippen molar-refractivity contribution in [2.24, 2.45) is 17.8 Å². The minimum absolute atomic E-state index is 0.452. The van der Waals surface area contributed by atoms with Crippen molar-refractivity contribution in [3.05, 3.63) is 0 Å². The Bertz CT molecular complexity index is 156. The molecule has 12 heavy (non-hydrogen) atoms. The van der Waals surface area contributed by atoms with Crippen molar-refractivity contribution < 1.29 is 4.79 Å². The van der Waals surface area contributed by atoms with Crippen LogP contribution in [0.25, 0.3) is 0 Å². The molecule has 1 nitrogen and oxygen atoms in total. The summed E-state index contributed by atoms with van der Waals surface area (Å²) in [4.78, 5) is 10.5. The summed E-state index contributed by atoms with van der Waals surface area (Å²) in [5, 5.41) is 0. The van der Waals surface area contributed by atoms with Crippen molar-refractivity contribution in [1.82, 2.24) is 0 Å². The lowest BCUT2D eigenvalue weighted by molar-refractivity contribution is -0.109. The summed E-state index contributed by atoms with van der Waals surface area (Å²) >= 11 is 0. The van der Waals surface area contributed by atoms with E-state index >= 15 is 0 Å². The van der Waals surface area contributed by atoms with Gasteiger partial charge in [0.2, 0.25) is 0 Å². The van der Waals surface area contributed by atoms with E-state index in [2.05, 4.69) is 0 Å². The van der Waals surface area contributed by atoms with Crippen LogP contribution in [-0.4, -0.2) is 6.29 Å². The van der Waals surface area contributed by atoms with E-state index in [0.29, 0.717) is 5.92 Å². The lowest BCUT2D eigenvalue weighted by Crippen LogP contribution is -2.03. The van der Waals surface area contributed by atoms with Gasteiger partial charge in [-0.25, -0.2) is 0 Å². The van der Waals surface area contributed by atoms with Crippen LogP contribution in [0.15, 0.2) is 0 Å². The molecular weight excluding hydrogens is 148 g/mol. The van der Waals surface area contributed by atoms with Crippen molar-refractivity contribution in [3.63, 3.8) is 0 Å². The first-order valence-corrected chi connectivity index (χ1v) is 5.37. The van der Waals surface area contributed by atoms with Crippen LogP contribution < -0.4 is 0 Å². The normalized spacial score (nSPS) is 37.3. The molecule has 2 saturated carbocycles. The fourth-order valence-electron chi connectivity index (χ4n) is 2.67. The number of carbonyl (C=O) groups excluding carboxylic acids is 1. The molecule has 0 bridgehead atoms. The maximum atomic E-state index is 10.5. The summed E-state index contributed by atoms with van der Waals surface area (Å²) < 4.78 is 0. The quantitative estimate of drug-likeness (QED) is 0.455. The SMILES string of the molecule is O=C[C@H]1C[C@H]1C1CCCCCC1. The van der Waals surface area contributed by atoms with Gasteiger partial charge < -0.3 is 4.79 Å². The van der Waals surface area contributed by atoms with Gasteiger partial charge in [-0.15, -0.1) is 0 Å². The first-order valence-electron chi connectivity index (χ1n) is 5.37. The lowest BCUT2D eigenvalue weighted by Gasteiger charge is -2.11. The molecule has 0 aromatic carbocycles. The van der Waals surface area contributed by atoms with E-state index < -0.39 is 0 Å². The zero-order valence-corrected chi connectivity index (χ0v) is 7.67. The average Bonchev–Trinajstić information content (AvgIpc) is 2.89. The molecule has 0 aliphatic heterocycles. The van der Waals surface area contributed by atoms with E-state index in [1.807, 2.05) is 0 Å². The summed E-state index contributed by atoms with van der Waals surface area (Å²) in [5.74, 6) is 2.15. The number of carbonyl (C=O) groups is 1. The minimum atomic E-state index is 0.452. The van der Waals surface area contributed by atoms with Crippen LogP contribution in [0.1, 0.15) is 44.9 Å². The molecule has 2 atom stereocenters. The van der Waals surface area contributed by atoms with Crippen molar-refractivity contribution in [2.75, 3.05) is 0 Å². The van der Waals surface area contributed by atoms with Crippen molar-refractivity contribution in [3.8, 4) is 0 Å². The van der Waals surface area contributed by atoms with E-state index in [0.717, 1.165) is 11.8 Å². The second-order valence-electron chi connectivity index (χ2n) is 4.45. The average molecular weight is 166 g/mol. The van der Waals surface area contributed by atoms with E-state index in [-0.39, 0.29) is 0 Å². The van der Waals surface area contributed by atoms with Gasteiger partial charge in [0.15, 0.2) is 0 Å². The highest BCUT2D eigenvalue weighted by Crippen LogP contribution is 2.47. The number of hydrogen-bond donors (Lipinski definition) is 0. The van der Waals surface area contributed by atoms with Gasteiger partial charge in [0.05, 0.1) is 0 Å². The van der Waals surface area contributed by atoms with Gasteiger partial charge in [0.25, 0.3) is 0 Å². The fourth-order valence-corrected chi connectivity index (χ4v) is 2.67. The first-order chi connectivity index (χ1) is 5.92. The number of aldehydes is 1. The third-order valence-electron chi connectivity index (χ3n) is 3.57. The van der Waals surface area contributed by atoms with E-state index in [4.69, 9.17) is 0 Å². The summed E-state index contributed by atoms with van der Waals surface area (Å²) in [6, 6.07) is 0. The molecule has 0 unspecified atom stereocenters. The second kappa shape index (κ2) is 3.59. The van der Waals surface area contributed by atoms with E-state index in [1.165, 1.54) is 51.2 Å². The van der Waals surface area contributed by atoms with Crippen LogP contribution in [0.2, 0.25) is 0 Å². The molecule has 0 amide bonds. The molecule has 0 saturated heterocycles. The van der Waals surface area contributed by atoms with Crippen molar-refractivity contribution in [1.29, 1.82) is 0 Å². The second-order valence-corrected chi connectivity index (χ2v) is 4.45. The molecule has 0 heterocycles. The van der Waals surface area contributed by atoms with Crippen LogP contribution in [0, 0.1) is 17.8 Å². The Morgan fingerprint density at radius 1 is 1.00 bits per heavy atom. The standard InChI is InChI=1S/C11H18O/c12-8-10-7-11(10)9-5-3-1-2-4-6-9/h8-11H,1-7H2/t10-,11+/m1/s1. The smallest absolute Gasteiger partial charge is 0.123 e. The Morgan fingerprint density at radius 3 is 2.17 bits per heavy atom. The third-order valence-corrected chi connectivity index (χ3v) is 3.57. The van der Waals surface area contributed by atoms with Gasteiger partial charge >= 0.3 is 0 Å². The van der Waals surface area contributed by atoms with Crippen molar-refractivity contribution >= 4 is 6.29 Å². The maximum Gasteiger partial charge on any atom is 0.123 e. The third kappa shape index (κ3) is 1.70. The van der Waals surface area contributed by atoms with Crippen LogP contribution >= 0.6 is 0 Å². The number of hydrogen-bond acceptors (Lipinski definition) is 1. The highest BCUT2D eigenvalue weighted by molar-refractivity contribution is 5.58. The lowest BCUT2D eigenvalue weighted by atomic mass is 9.94. The van der Waals surface area contributed by atoms with Gasteiger partial charge in [0.1, 0.15) is 6.29 Å². The van der Waals surface area contributed by atoms with Gasteiger partial charge in [-0.1, -0.05) is 38.5 Å². The van der Waals surface area contributed by atoms with Gasteiger partial charge in [-0.05, 0) is 18.3 Å². The Morgan fingerprint density at radius 2 is 1.67 bits per heavy atom. The predicted molar refractivity (Wildman–Crippen MR) is 48.9 cm³/mol. The molecular formula is C11H18O. The fraction of sp³-hybridized carbons (Fsp3) is 0.909. The molecule has 68 valence electrons. The van der Waals surface area contributed by atoms with Gasteiger partial charge in [0, 0.05) is 5.92 Å². The molecule has 2 fully saturated rings. The number of rotatable bonds is 2. The molecule has 0 aromatic heterocycles.